The molecule has 180 valence electrons. The average molecular weight is 529 g/mol. The summed E-state index contributed by atoms with van der Waals surface area (Å²) < 4.78 is 17.2. The van der Waals surface area contributed by atoms with E-state index in [1.807, 2.05) is 49.4 Å². The lowest BCUT2D eigenvalue weighted by Gasteiger charge is -2.31. The molecule has 4 rings (SSSR count). The number of carbonyl (C=O) groups is 1. The second-order valence-electron chi connectivity index (χ2n) is 8.44. The van der Waals surface area contributed by atoms with Gasteiger partial charge in [0.15, 0.2) is 11.5 Å². The van der Waals surface area contributed by atoms with Crippen LogP contribution in [0.4, 0.5) is 0 Å². The third-order valence-electron chi connectivity index (χ3n) is 6.07. The molecule has 1 amide bonds. The number of aromatic nitrogens is 2. The summed E-state index contributed by atoms with van der Waals surface area (Å²) in [6.45, 7) is 4.05. The number of hydrogen-bond donors (Lipinski definition) is 1. The predicted octanol–water partition coefficient (Wildman–Crippen LogP) is 4.61. The van der Waals surface area contributed by atoms with Crippen molar-refractivity contribution in [1.82, 2.24) is 20.4 Å². The molecule has 1 aliphatic heterocycles. The maximum atomic E-state index is 13.0. The highest BCUT2D eigenvalue weighted by Gasteiger charge is 2.28. The fourth-order valence-corrected chi connectivity index (χ4v) is 4.44. The lowest BCUT2D eigenvalue weighted by atomic mass is 9.96. The van der Waals surface area contributed by atoms with Gasteiger partial charge in [0.25, 0.3) is 0 Å². The molecule has 9 heteroatoms. The number of piperidine rings is 1. The molecule has 2 atom stereocenters. The molecule has 2 unspecified atom stereocenters. The van der Waals surface area contributed by atoms with E-state index in [0.717, 1.165) is 35.0 Å². The fraction of sp³-hybridized carbons (Fsp3) is 0.400. The zero-order chi connectivity index (χ0) is 24.1. The number of likely N-dealkylation sites (tertiary alicyclic amines) is 1. The van der Waals surface area contributed by atoms with Crippen molar-refractivity contribution in [2.75, 3.05) is 27.3 Å². The Morgan fingerprint density at radius 3 is 2.71 bits per heavy atom. The largest absolute Gasteiger partial charge is 0.493 e. The highest BCUT2D eigenvalue weighted by Crippen LogP contribution is 2.30. The van der Waals surface area contributed by atoms with E-state index in [9.17, 15) is 4.79 Å². The molecule has 8 nitrogen and oxygen atoms in total. The Morgan fingerprint density at radius 1 is 1.21 bits per heavy atom. The molecule has 1 aromatic heterocycles. The third kappa shape index (κ3) is 5.77. The van der Waals surface area contributed by atoms with Gasteiger partial charge in [0, 0.05) is 16.6 Å². The van der Waals surface area contributed by atoms with Gasteiger partial charge >= 0.3 is 0 Å². The summed E-state index contributed by atoms with van der Waals surface area (Å²) in [4.78, 5) is 19.8. The van der Waals surface area contributed by atoms with E-state index < -0.39 is 0 Å². The lowest BCUT2D eigenvalue weighted by molar-refractivity contribution is -0.127. The Morgan fingerprint density at radius 2 is 1.97 bits per heavy atom. The number of carbonyl (C=O) groups excluding carboxylic acids is 1. The Bertz CT molecular complexity index is 1120. The van der Waals surface area contributed by atoms with Gasteiger partial charge in [0.1, 0.15) is 0 Å². The quantitative estimate of drug-likeness (QED) is 0.456. The summed E-state index contributed by atoms with van der Waals surface area (Å²) in [6, 6.07) is 13.3. The van der Waals surface area contributed by atoms with Gasteiger partial charge in [-0.15, -0.1) is 0 Å². The molecule has 0 radical (unpaired) electrons. The van der Waals surface area contributed by atoms with Crippen molar-refractivity contribution < 1.29 is 18.8 Å². The Balaban J connectivity index is 1.34. The van der Waals surface area contributed by atoms with Gasteiger partial charge in [0.2, 0.25) is 17.6 Å². The average Bonchev–Trinajstić information content (AvgIpc) is 3.32. The molecule has 2 heterocycles. The SMILES string of the molecule is COc1ccc(C(C)NC(=O)C2CCCN(Cc3nc(-c4ccc(Br)cc4)no3)C2)cc1OC. The van der Waals surface area contributed by atoms with Crippen molar-refractivity contribution in [3.05, 3.63) is 58.4 Å². The first-order valence-corrected chi connectivity index (χ1v) is 12.1. The number of ether oxygens (including phenoxy) is 2. The van der Waals surface area contributed by atoms with Crippen molar-refractivity contribution in [2.24, 2.45) is 5.92 Å². The molecule has 3 aromatic rings. The monoisotopic (exact) mass is 528 g/mol. The van der Waals surface area contributed by atoms with E-state index in [1.54, 1.807) is 14.2 Å². The highest BCUT2D eigenvalue weighted by atomic mass is 79.9. The molecule has 0 saturated carbocycles. The van der Waals surface area contributed by atoms with E-state index in [2.05, 4.69) is 36.3 Å². The first kappa shape index (κ1) is 24.2. The Labute approximate surface area is 207 Å². The van der Waals surface area contributed by atoms with Crippen molar-refractivity contribution >= 4 is 21.8 Å². The molecule has 1 fully saturated rings. The molecule has 1 aliphatic rings. The lowest BCUT2D eigenvalue weighted by Crippen LogP contribution is -2.43. The van der Waals surface area contributed by atoms with Crippen molar-refractivity contribution in [3.63, 3.8) is 0 Å². The zero-order valence-corrected chi connectivity index (χ0v) is 21.2. The molecule has 0 bridgehead atoms. The van der Waals surface area contributed by atoms with E-state index in [0.29, 0.717) is 36.3 Å². The topological polar surface area (TPSA) is 89.7 Å². The predicted molar refractivity (Wildman–Crippen MR) is 132 cm³/mol. The van der Waals surface area contributed by atoms with Gasteiger partial charge in [-0.05, 0) is 68.3 Å². The summed E-state index contributed by atoms with van der Waals surface area (Å²) in [5, 5.41) is 7.26. The van der Waals surface area contributed by atoms with Crippen LogP contribution in [0, 0.1) is 5.92 Å². The number of halogens is 1. The molecule has 1 saturated heterocycles. The van der Waals surface area contributed by atoms with Crippen LogP contribution < -0.4 is 14.8 Å². The number of methoxy groups -OCH3 is 2. The number of amides is 1. The third-order valence-corrected chi connectivity index (χ3v) is 6.60. The van der Waals surface area contributed by atoms with Gasteiger partial charge in [-0.2, -0.15) is 4.98 Å². The minimum atomic E-state index is -0.146. The zero-order valence-electron chi connectivity index (χ0n) is 19.6. The van der Waals surface area contributed by atoms with Crippen LogP contribution in [0.5, 0.6) is 11.5 Å². The van der Waals surface area contributed by atoms with Crippen LogP contribution in [-0.2, 0) is 11.3 Å². The van der Waals surface area contributed by atoms with Gasteiger partial charge in [-0.25, -0.2) is 0 Å². The van der Waals surface area contributed by atoms with Crippen LogP contribution in [0.1, 0.15) is 37.3 Å². The first-order chi connectivity index (χ1) is 16.5. The second kappa shape index (κ2) is 11.0. The molecule has 34 heavy (non-hydrogen) atoms. The summed E-state index contributed by atoms with van der Waals surface area (Å²) >= 11 is 3.43. The van der Waals surface area contributed by atoms with E-state index in [4.69, 9.17) is 14.0 Å². The van der Waals surface area contributed by atoms with Crippen LogP contribution in [0.15, 0.2) is 51.5 Å². The molecule has 0 aliphatic carbocycles. The second-order valence-corrected chi connectivity index (χ2v) is 9.35. The van der Waals surface area contributed by atoms with E-state index in [1.165, 1.54) is 0 Å². The standard InChI is InChI=1S/C25H29BrN4O4/c1-16(18-8-11-21(32-2)22(13-18)33-3)27-25(31)19-5-4-12-30(14-19)15-23-28-24(29-34-23)17-6-9-20(26)10-7-17/h6-11,13,16,19H,4-5,12,14-15H2,1-3H3,(H,27,31). The minimum Gasteiger partial charge on any atom is -0.493 e. The van der Waals surface area contributed by atoms with Gasteiger partial charge in [0.05, 0.1) is 32.7 Å². The normalized spacial score (nSPS) is 17.2. The van der Waals surface area contributed by atoms with Crippen LogP contribution in [0.2, 0.25) is 0 Å². The van der Waals surface area contributed by atoms with Crippen LogP contribution >= 0.6 is 15.9 Å². The van der Waals surface area contributed by atoms with Gasteiger partial charge in [-0.1, -0.05) is 27.2 Å². The minimum absolute atomic E-state index is 0.0491. The van der Waals surface area contributed by atoms with E-state index in [-0.39, 0.29) is 17.9 Å². The van der Waals surface area contributed by atoms with E-state index >= 15 is 0 Å². The highest BCUT2D eigenvalue weighted by molar-refractivity contribution is 9.10. The summed E-state index contributed by atoms with van der Waals surface area (Å²) in [7, 11) is 3.21. The van der Waals surface area contributed by atoms with Crippen molar-refractivity contribution in [1.29, 1.82) is 0 Å². The summed E-state index contributed by atoms with van der Waals surface area (Å²) in [5.74, 6) is 2.39. The van der Waals surface area contributed by atoms with Crippen molar-refractivity contribution in [2.45, 2.75) is 32.4 Å². The Hall–Kier alpha value is -2.91. The van der Waals surface area contributed by atoms with Crippen LogP contribution in [0.25, 0.3) is 11.4 Å². The van der Waals surface area contributed by atoms with Crippen LogP contribution in [0.3, 0.4) is 0 Å². The number of nitrogens with one attached hydrogen (secondary N) is 1. The maximum Gasteiger partial charge on any atom is 0.241 e. The van der Waals surface area contributed by atoms with Crippen LogP contribution in [-0.4, -0.2) is 48.3 Å². The summed E-state index contributed by atoms with van der Waals surface area (Å²) in [5.41, 5.74) is 1.86. The maximum absolute atomic E-state index is 13.0. The number of hydrogen-bond acceptors (Lipinski definition) is 7. The smallest absolute Gasteiger partial charge is 0.241 e. The first-order valence-electron chi connectivity index (χ1n) is 11.3. The molecule has 2 aromatic carbocycles. The van der Waals surface area contributed by atoms with Crippen molar-refractivity contribution in [3.8, 4) is 22.9 Å². The number of nitrogens with zero attached hydrogens (tertiary/aromatic N) is 3. The molecular weight excluding hydrogens is 500 g/mol. The molecule has 1 N–H and O–H groups in total. The number of rotatable bonds is 8. The number of benzene rings is 2. The fourth-order valence-electron chi connectivity index (χ4n) is 4.18. The molecule has 0 spiro atoms. The van der Waals surface area contributed by atoms with Gasteiger partial charge in [-0.3, -0.25) is 9.69 Å². The summed E-state index contributed by atoms with van der Waals surface area (Å²) in [6.07, 6.45) is 1.80. The van der Waals surface area contributed by atoms with Gasteiger partial charge < -0.3 is 19.3 Å². The molecular formula is C25H29BrN4O4. The Kier molecular flexibility index (Phi) is 7.84.